The van der Waals surface area contributed by atoms with Crippen LogP contribution in [0.3, 0.4) is 0 Å². The number of ether oxygens (including phenoxy) is 1. The fourth-order valence-corrected chi connectivity index (χ4v) is 4.18. The summed E-state index contributed by atoms with van der Waals surface area (Å²) in [5.41, 5.74) is 3.62. The average Bonchev–Trinajstić information content (AvgIpc) is 2.74. The molecule has 0 spiro atoms. The Kier molecular flexibility index (Phi) is 6.38. The molecule has 29 heavy (non-hydrogen) atoms. The molecule has 2 heterocycles. The van der Waals surface area contributed by atoms with Crippen LogP contribution in [0, 0.1) is 6.92 Å². The monoisotopic (exact) mass is 413 g/mol. The summed E-state index contributed by atoms with van der Waals surface area (Å²) in [6.07, 6.45) is -0.00742. The largest absolute Gasteiger partial charge is 0.371 e. The van der Waals surface area contributed by atoms with E-state index < -0.39 is 0 Å². The minimum absolute atomic E-state index is 0.00742. The lowest BCUT2D eigenvalue weighted by molar-refractivity contribution is -0.134. The number of carbonyl (C=O) groups is 1. The van der Waals surface area contributed by atoms with Gasteiger partial charge in [-0.15, -0.1) is 0 Å². The molecule has 2 aliphatic heterocycles. The number of piperazine rings is 1. The van der Waals surface area contributed by atoms with E-state index in [9.17, 15) is 4.79 Å². The van der Waals surface area contributed by atoms with Crippen molar-refractivity contribution in [3.63, 3.8) is 0 Å². The standard InChI is InChI=1S/C23H28ClN3O2/c1-18-3-2-4-21(15-18)26-9-11-27(12-10-26)23(28)17-25-13-14-29-22(16-25)19-5-7-20(24)8-6-19/h2-8,15,22H,9-14,16-17H2,1H3. The average molecular weight is 414 g/mol. The van der Waals surface area contributed by atoms with Gasteiger partial charge in [0.2, 0.25) is 5.91 Å². The number of morpholine rings is 1. The van der Waals surface area contributed by atoms with Crippen LogP contribution < -0.4 is 4.90 Å². The van der Waals surface area contributed by atoms with Crippen LogP contribution in [0.1, 0.15) is 17.2 Å². The van der Waals surface area contributed by atoms with E-state index in [4.69, 9.17) is 16.3 Å². The molecule has 2 aromatic rings. The lowest BCUT2D eigenvalue weighted by Crippen LogP contribution is -2.52. The van der Waals surface area contributed by atoms with Gasteiger partial charge in [-0.05, 0) is 42.3 Å². The third kappa shape index (κ3) is 5.10. The fourth-order valence-electron chi connectivity index (χ4n) is 4.06. The highest BCUT2D eigenvalue weighted by Crippen LogP contribution is 2.24. The second kappa shape index (κ2) is 9.16. The lowest BCUT2D eigenvalue weighted by atomic mass is 10.1. The van der Waals surface area contributed by atoms with Crippen LogP contribution in [-0.2, 0) is 9.53 Å². The molecule has 0 aliphatic carbocycles. The van der Waals surface area contributed by atoms with Crippen molar-refractivity contribution in [1.29, 1.82) is 0 Å². The van der Waals surface area contributed by atoms with E-state index in [2.05, 4.69) is 41.0 Å². The summed E-state index contributed by atoms with van der Waals surface area (Å²) in [5, 5.41) is 0.724. The molecule has 1 unspecified atom stereocenters. The summed E-state index contributed by atoms with van der Waals surface area (Å²) in [4.78, 5) is 19.4. The Morgan fingerprint density at radius 3 is 2.55 bits per heavy atom. The predicted molar refractivity (Wildman–Crippen MR) is 117 cm³/mol. The summed E-state index contributed by atoms with van der Waals surface area (Å²) < 4.78 is 5.92. The Balaban J connectivity index is 1.29. The minimum atomic E-state index is -0.00742. The zero-order valence-electron chi connectivity index (χ0n) is 16.9. The first kappa shape index (κ1) is 20.2. The third-order valence-corrected chi connectivity index (χ3v) is 6.00. The first-order chi connectivity index (χ1) is 14.1. The Labute approximate surface area is 177 Å². The molecule has 2 aromatic carbocycles. The van der Waals surface area contributed by atoms with Crippen molar-refractivity contribution in [2.45, 2.75) is 13.0 Å². The molecule has 2 saturated heterocycles. The van der Waals surface area contributed by atoms with E-state index in [0.717, 1.165) is 49.9 Å². The van der Waals surface area contributed by atoms with Crippen LogP contribution >= 0.6 is 11.6 Å². The van der Waals surface area contributed by atoms with Crippen LogP contribution in [0.4, 0.5) is 5.69 Å². The number of amides is 1. The fraction of sp³-hybridized carbons (Fsp3) is 0.435. The Morgan fingerprint density at radius 1 is 1.07 bits per heavy atom. The molecule has 2 fully saturated rings. The van der Waals surface area contributed by atoms with Gasteiger partial charge in [-0.2, -0.15) is 0 Å². The van der Waals surface area contributed by atoms with Gasteiger partial charge >= 0.3 is 0 Å². The van der Waals surface area contributed by atoms with E-state index in [1.165, 1.54) is 11.3 Å². The Bertz CT molecular complexity index is 834. The molecule has 5 nitrogen and oxygen atoms in total. The maximum Gasteiger partial charge on any atom is 0.236 e. The maximum absolute atomic E-state index is 12.9. The number of anilines is 1. The maximum atomic E-state index is 12.9. The summed E-state index contributed by atoms with van der Waals surface area (Å²) >= 11 is 5.99. The molecule has 1 amide bonds. The zero-order chi connectivity index (χ0) is 20.2. The highest BCUT2D eigenvalue weighted by atomic mass is 35.5. The number of aryl methyl sites for hydroxylation is 1. The molecular formula is C23H28ClN3O2. The van der Waals surface area contributed by atoms with Gasteiger partial charge in [0.25, 0.3) is 0 Å². The predicted octanol–water partition coefficient (Wildman–Crippen LogP) is 3.37. The second-order valence-electron chi connectivity index (χ2n) is 7.85. The van der Waals surface area contributed by atoms with Gasteiger partial charge in [-0.25, -0.2) is 0 Å². The van der Waals surface area contributed by atoms with E-state index in [0.29, 0.717) is 13.2 Å². The number of hydrogen-bond donors (Lipinski definition) is 0. The summed E-state index contributed by atoms with van der Waals surface area (Å²) in [6, 6.07) is 16.3. The van der Waals surface area contributed by atoms with Crippen molar-refractivity contribution in [3.05, 3.63) is 64.7 Å². The van der Waals surface area contributed by atoms with Crippen molar-refractivity contribution < 1.29 is 9.53 Å². The van der Waals surface area contributed by atoms with Crippen molar-refractivity contribution in [1.82, 2.24) is 9.80 Å². The van der Waals surface area contributed by atoms with Gasteiger partial charge in [0, 0.05) is 50.0 Å². The molecule has 0 saturated carbocycles. The van der Waals surface area contributed by atoms with E-state index in [1.54, 1.807) is 0 Å². The van der Waals surface area contributed by atoms with Crippen LogP contribution in [-0.4, -0.2) is 68.1 Å². The Morgan fingerprint density at radius 2 is 1.83 bits per heavy atom. The molecule has 2 aliphatic rings. The smallest absolute Gasteiger partial charge is 0.236 e. The lowest BCUT2D eigenvalue weighted by Gasteiger charge is -2.38. The molecular weight excluding hydrogens is 386 g/mol. The van der Waals surface area contributed by atoms with Gasteiger partial charge in [-0.1, -0.05) is 35.9 Å². The van der Waals surface area contributed by atoms with Crippen LogP contribution in [0.2, 0.25) is 5.02 Å². The van der Waals surface area contributed by atoms with Gasteiger partial charge in [0.05, 0.1) is 19.3 Å². The van der Waals surface area contributed by atoms with E-state index >= 15 is 0 Å². The van der Waals surface area contributed by atoms with Crippen molar-refractivity contribution in [2.75, 3.05) is 57.3 Å². The van der Waals surface area contributed by atoms with Crippen molar-refractivity contribution >= 4 is 23.2 Å². The van der Waals surface area contributed by atoms with Gasteiger partial charge < -0.3 is 14.5 Å². The quantitative estimate of drug-likeness (QED) is 0.770. The van der Waals surface area contributed by atoms with Crippen LogP contribution in [0.25, 0.3) is 0 Å². The second-order valence-corrected chi connectivity index (χ2v) is 8.29. The van der Waals surface area contributed by atoms with Crippen molar-refractivity contribution in [2.24, 2.45) is 0 Å². The number of nitrogens with zero attached hydrogens (tertiary/aromatic N) is 3. The number of benzene rings is 2. The van der Waals surface area contributed by atoms with Crippen LogP contribution in [0.15, 0.2) is 48.5 Å². The molecule has 1 atom stereocenters. The number of carbonyl (C=O) groups excluding carboxylic acids is 1. The number of halogens is 1. The molecule has 0 N–H and O–H groups in total. The summed E-state index contributed by atoms with van der Waals surface area (Å²) in [5.74, 6) is 0.214. The van der Waals surface area contributed by atoms with E-state index in [1.807, 2.05) is 29.2 Å². The van der Waals surface area contributed by atoms with Gasteiger partial charge in [0.1, 0.15) is 0 Å². The highest BCUT2D eigenvalue weighted by Gasteiger charge is 2.27. The van der Waals surface area contributed by atoms with Crippen molar-refractivity contribution in [3.8, 4) is 0 Å². The topological polar surface area (TPSA) is 36.0 Å². The SMILES string of the molecule is Cc1cccc(N2CCN(C(=O)CN3CCOC(c4ccc(Cl)cc4)C3)CC2)c1. The number of hydrogen-bond acceptors (Lipinski definition) is 4. The molecule has 0 radical (unpaired) electrons. The van der Waals surface area contributed by atoms with Crippen LogP contribution in [0.5, 0.6) is 0 Å². The molecule has 0 aromatic heterocycles. The molecule has 6 heteroatoms. The first-order valence-electron chi connectivity index (χ1n) is 10.3. The van der Waals surface area contributed by atoms with Gasteiger partial charge in [0.15, 0.2) is 0 Å². The third-order valence-electron chi connectivity index (χ3n) is 5.75. The first-order valence-corrected chi connectivity index (χ1v) is 10.6. The normalized spacial score (nSPS) is 20.7. The van der Waals surface area contributed by atoms with E-state index in [-0.39, 0.29) is 12.0 Å². The summed E-state index contributed by atoms with van der Waals surface area (Å²) in [7, 11) is 0. The highest BCUT2D eigenvalue weighted by molar-refractivity contribution is 6.30. The number of rotatable bonds is 4. The molecule has 0 bridgehead atoms. The molecule has 154 valence electrons. The molecule has 4 rings (SSSR count). The Hall–Kier alpha value is -2.08. The summed E-state index contributed by atoms with van der Waals surface area (Å²) in [6.45, 7) is 8.05. The minimum Gasteiger partial charge on any atom is -0.371 e. The zero-order valence-corrected chi connectivity index (χ0v) is 17.6. The van der Waals surface area contributed by atoms with Gasteiger partial charge in [-0.3, -0.25) is 9.69 Å².